The lowest BCUT2D eigenvalue weighted by atomic mass is 10.0. The molecular weight excluding hydrogens is 973 g/mol. The molecule has 0 N–H and O–H groups in total. The summed E-state index contributed by atoms with van der Waals surface area (Å²) in [7, 11) is 0. The predicted molar refractivity (Wildman–Crippen MR) is 344 cm³/mol. The first-order valence-corrected chi connectivity index (χ1v) is 35.1. The molecule has 0 saturated carbocycles. The van der Waals surface area contributed by atoms with Crippen LogP contribution < -0.4 is 0 Å². The Hall–Kier alpha value is -2.63. The van der Waals surface area contributed by atoms with Gasteiger partial charge in [-0.1, -0.05) is 333 Å². The van der Waals surface area contributed by atoms with E-state index in [0.717, 1.165) is 83.5 Å². The van der Waals surface area contributed by atoms with E-state index in [1.165, 1.54) is 257 Å². The molecule has 1 unspecified atom stereocenters. The van der Waals surface area contributed by atoms with Crippen LogP contribution in [0.1, 0.15) is 380 Å². The summed E-state index contributed by atoms with van der Waals surface area (Å²) in [6, 6.07) is 0. The second-order valence-electron chi connectivity index (χ2n) is 23.8. The molecule has 0 aromatic carbocycles. The first-order chi connectivity index (χ1) is 39.0. The highest BCUT2D eigenvalue weighted by molar-refractivity contribution is 5.71. The molecule has 0 heterocycles. The number of esters is 3. The van der Waals surface area contributed by atoms with Crippen LogP contribution in [0.2, 0.25) is 0 Å². The summed E-state index contributed by atoms with van der Waals surface area (Å²) in [6.07, 6.45) is 85.9. The Kier molecular flexibility index (Phi) is 65.6. The summed E-state index contributed by atoms with van der Waals surface area (Å²) >= 11 is 0. The maximum Gasteiger partial charge on any atom is 0.306 e. The SMILES string of the molecule is CCC/C=C\CCCCCCCC(=O)OCC(COC(=O)CCCCCCCCCCCCCCCCCCCC/C=C\C/C=C\C/C=C\CCCCCCC)OC(=O)CCCCCCCCCCCCCCCCCCCC. The minimum atomic E-state index is -0.772. The summed E-state index contributed by atoms with van der Waals surface area (Å²) < 4.78 is 16.9. The molecule has 0 aliphatic heterocycles. The molecule has 6 heteroatoms. The fourth-order valence-electron chi connectivity index (χ4n) is 10.5. The Morgan fingerprint density at radius 3 is 0.772 bits per heavy atom. The van der Waals surface area contributed by atoms with Crippen molar-refractivity contribution in [1.82, 2.24) is 0 Å². The summed E-state index contributed by atoms with van der Waals surface area (Å²) in [4.78, 5) is 38.3. The van der Waals surface area contributed by atoms with Crippen LogP contribution in [-0.2, 0) is 28.6 Å². The molecular formula is C73H134O6. The van der Waals surface area contributed by atoms with E-state index in [9.17, 15) is 14.4 Å². The number of rotatable bonds is 65. The van der Waals surface area contributed by atoms with E-state index in [2.05, 4.69) is 69.4 Å². The summed E-state index contributed by atoms with van der Waals surface area (Å²) in [5, 5.41) is 0. The smallest absolute Gasteiger partial charge is 0.306 e. The van der Waals surface area contributed by atoms with E-state index in [1.807, 2.05) is 0 Å². The number of allylic oxidation sites excluding steroid dienone is 8. The Morgan fingerprint density at radius 1 is 0.253 bits per heavy atom. The van der Waals surface area contributed by atoms with Gasteiger partial charge >= 0.3 is 17.9 Å². The second kappa shape index (κ2) is 67.9. The van der Waals surface area contributed by atoms with Crippen LogP contribution in [0.25, 0.3) is 0 Å². The quantitative estimate of drug-likeness (QED) is 0.0261. The first kappa shape index (κ1) is 76.4. The third-order valence-electron chi connectivity index (χ3n) is 15.8. The van der Waals surface area contributed by atoms with Gasteiger partial charge in [-0.15, -0.1) is 0 Å². The average Bonchev–Trinajstić information content (AvgIpc) is 3.45. The van der Waals surface area contributed by atoms with Gasteiger partial charge in [0.25, 0.3) is 0 Å². The van der Waals surface area contributed by atoms with Gasteiger partial charge < -0.3 is 14.2 Å². The molecule has 0 radical (unpaired) electrons. The van der Waals surface area contributed by atoms with Gasteiger partial charge in [0.1, 0.15) is 13.2 Å². The second-order valence-corrected chi connectivity index (χ2v) is 23.8. The van der Waals surface area contributed by atoms with Crippen molar-refractivity contribution >= 4 is 17.9 Å². The molecule has 6 nitrogen and oxygen atoms in total. The number of carbonyl (C=O) groups excluding carboxylic acids is 3. The van der Waals surface area contributed by atoms with Crippen molar-refractivity contribution in [2.24, 2.45) is 0 Å². The summed E-state index contributed by atoms with van der Waals surface area (Å²) in [5.74, 6) is -0.857. The van der Waals surface area contributed by atoms with Crippen molar-refractivity contribution < 1.29 is 28.6 Å². The molecule has 0 aromatic heterocycles. The lowest BCUT2D eigenvalue weighted by Crippen LogP contribution is -2.30. The third kappa shape index (κ3) is 66.1. The zero-order chi connectivity index (χ0) is 57.1. The topological polar surface area (TPSA) is 78.9 Å². The summed E-state index contributed by atoms with van der Waals surface area (Å²) in [6.45, 7) is 6.62. The van der Waals surface area contributed by atoms with Gasteiger partial charge in [-0.25, -0.2) is 0 Å². The zero-order valence-electron chi connectivity index (χ0n) is 53.2. The van der Waals surface area contributed by atoms with Crippen LogP contribution in [0.4, 0.5) is 0 Å². The van der Waals surface area contributed by atoms with Crippen molar-refractivity contribution in [2.75, 3.05) is 13.2 Å². The minimum absolute atomic E-state index is 0.0702. The van der Waals surface area contributed by atoms with Crippen LogP contribution in [0.5, 0.6) is 0 Å². The van der Waals surface area contributed by atoms with Gasteiger partial charge in [-0.2, -0.15) is 0 Å². The zero-order valence-corrected chi connectivity index (χ0v) is 53.2. The first-order valence-electron chi connectivity index (χ1n) is 35.1. The number of hydrogen-bond acceptors (Lipinski definition) is 6. The minimum Gasteiger partial charge on any atom is -0.462 e. The molecule has 0 rings (SSSR count). The summed E-state index contributed by atoms with van der Waals surface area (Å²) in [5.41, 5.74) is 0. The number of unbranched alkanes of at least 4 members (excludes halogenated alkanes) is 46. The molecule has 79 heavy (non-hydrogen) atoms. The molecule has 0 bridgehead atoms. The van der Waals surface area contributed by atoms with Gasteiger partial charge in [0.2, 0.25) is 0 Å². The predicted octanol–water partition coefficient (Wildman–Crippen LogP) is 24.1. The van der Waals surface area contributed by atoms with E-state index in [-0.39, 0.29) is 31.1 Å². The Labute approximate surface area is 492 Å². The normalized spacial score (nSPS) is 12.3. The van der Waals surface area contributed by atoms with Crippen molar-refractivity contribution in [2.45, 2.75) is 386 Å². The number of hydrogen-bond donors (Lipinski definition) is 0. The van der Waals surface area contributed by atoms with Crippen LogP contribution in [-0.4, -0.2) is 37.2 Å². The largest absolute Gasteiger partial charge is 0.462 e. The fourth-order valence-corrected chi connectivity index (χ4v) is 10.5. The van der Waals surface area contributed by atoms with E-state index in [4.69, 9.17) is 14.2 Å². The molecule has 0 fully saturated rings. The molecule has 0 aliphatic rings. The molecule has 462 valence electrons. The maximum atomic E-state index is 12.9. The van der Waals surface area contributed by atoms with Gasteiger partial charge in [0, 0.05) is 19.3 Å². The van der Waals surface area contributed by atoms with E-state index < -0.39 is 6.10 Å². The van der Waals surface area contributed by atoms with Crippen molar-refractivity contribution in [3.8, 4) is 0 Å². The van der Waals surface area contributed by atoms with Crippen molar-refractivity contribution in [3.05, 3.63) is 48.6 Å². The highest BCUT2D eigenvalue weighted by Gasteiger charge is 2.19. The van der Waals surface area contributed by atoms with Gasteiger partial charge in [0.15, 0.2) is 6.10 Å². The number of carbonyl (C=O) groups is 3. The molecule has 0 aliphatic carbocycles. The van der Waals surface area contributed by atoms with Crippen LogP contribution >= 0.6 is 0 Å². The van der Waals surface area contributed by atoms with E-state index in [1.54, 1.807) is 0 Å². The average molecular weight is 1110 g/mol. The fraction of sp³-hybridized carbons (Fsp3) is 0.849. The van der Waals surface area contributed by atoms with Crippen molar-refractivity contribution in [1.29, 1.82) is 0 Å². The standard InChI is InChI=1S/C73H134O6/c1-4-7-10-13-16-19-22-24-26-28-30-31-32-33-34-35-36-37-38-39-40-41-42-43-44-46-47-49-51-54-57-60-63-66-72(75)78-69-70(68-77-71(74)65-62-59-56-53-21-18-15-12-9-6-3)79-73(76)67-64-61-58-55-52-50-48-45-29-27-25-23-20-17-14-11-8-5-2/h12,15,22,24,28,30,32-33,70H,4-11,13-14,16-21,23,25-27,29,31,34-69H2,1-3H3/b15-12-,24-22-,30-28-,33-32-. The monoisotopic (exact) mass is 1110 g/mol. The molecule has 0 spiro atoms. The van der Waals surface area contributed by atoms with E-state index in [0.29, 0.717) is 19.3 Å². The molecule has 1 atom stereocenters. The maximum absolute atomic E-state index is 12.9. The van der Waals surface area contributed by atoms with Crippen molar-refractivity contribution in [3.63, 3.8) is 0 Å². The van der Waals surface area contributed by atoms with Gasteiger partial charge in [-0.05, 0) is 77.0 Å². The van der Waals surface area contributed by atoms with Crippen LogP contribution in [0.15, 0.2) is 48.6 Å². The number of ether oxygens (including phenoxy) is 3. The Morgan fingerprint density at radius 2 is 0.481 bits per heavy atom. The third-order valence-corrected chi connectivity index (χ3v) is 15.8. The molecule has 0 aromatic rings. The lowest BCUT2D eigenvalue weighted by molar-refractivity contribution is -0.167. The van der Waals surface area contributed by atoms with E-state index >= 15 is 0 Å². The highest BCUT2D eigenvalue weighted by Crippen LogP contribution is 2.18. The Balaban J connectivity index is 4.07. The highest BCUT2D eigenvalue weighted by atomic mass is 16.6. The lowest BCUT2D eigenvalue weighted by Gasteiger charge is -2.18. The molecule has 0 saturated heterocycles. The van der Waals surface area contributed by atoms with Crippen LogP contribution in [0.3, 0.4) is 0 Å². The Bertz CT molecular complexity index is 1360. The van der Waals surface area contributed by atoms with Crippen LogP contribution in [0, 0.1) is 0 Å². The van der Waals surface area contributed by atoms with Gasteiger partial charge in [0.05, 0.1) is 0 Å². The van der Waals surface area contributed by atoms with Gasteiger partial charge in [-0.3, -0.25) is 14.4 Å². The molecule has 0 amide bonds.